The predicted octanol–water partition coefficient (Wildman–Crippen LogP) is 2.62. The third-order valence-corrected chi connectivity index (χ3v) is 7.29. The summed E-state index contributed by atoms with van der Waals surface area (Å²) in [7, 11) is -2.52. The van der Waals surface area contributed by atoms with Crippen LogP contribution < -0.4 is 4.74 Å². The van der Waals surface area contributed by atoms with Crippen molar-refractivity contribution in [1.29, 1.82) is 0 Å². The summed E-state index contributed by atoms with van der Waals surface area (Å²) in [5.41, 5.74) is 1.84. The predicted molar refractivity (Wildman–Crippen MR) is 99.6 cm³/mol. The number of non-ortho nitro benzene ring substituents is 1. The SMILES string of the molecule is COc1ccc2c(c1)C[C@@H]1C[C@H]2CC(=O)N1S(=O)(=O)c1ccc([N+](=O)[O-])cc1. The average Bonchev–Trinajstić information content (AvgIpc) is 2.67. The van der Waals surface area contributed by atoms with E-state index in [1.165, 1.54) is 12.1 Å². The second-order valence-corrected chi connectivity index (χ2v) is 8.82. The van der Waals surface area contributed by atoms with E-state index in [1.807, 2.05) is 18.2 Å². The number of carbonyl (C=O) groups is 1. The van der Waals surface area contributed by atoms with Crippen molar-refractivity contribution in [2.24, 2.45) is 0 Å². The van der Waals surface area contributed by atoms with E-state index in [9.17, 15) is 23.3 Å². The van der Waals surface area contributed by atoms with Crippen LogP contribution in [0.3, 0.4) is 0 Å². The van der Waals surface area contributed by atoms with Crippen molar-refractivity contribution in [2.75, 3.05) is 7.11 Å². The first kappa shape index (κ1) is 18.4. The maximum atomic E-state index is 13.1. The molecular weight excluding hydrogens is 384 g/mol. The number of rotatable bonds is 4. The number of nitrogens with zero attached hydrogens (tertiary/aromatic N) is 2. The van der Waals surface area contributed by atoms with Gasteiger partial charge in [0.2, 0.25) is 5.91 Å². The van der Waals surface area contributed by atoms with Crippen LogP contribution in [-0.2, 0) is 21.2 Å². The standard InChI is InChI=1S/C19H18N2O6S/c1-27-16-4-7-18-12(10-16)8-15-9-13(18)11-19(22)20(15)28(25,26)17-5-2-14(3-6-17)21(23)24/h2-7,10,13,15H,8-9,11H2,1H3/t13-,15+/m0/s1. The number of ether oxygens (including phenoxy) is 1. The minimum absolute atomic E-state index is 0.0181. The van der Waals surface area contributed by atoms with Crippen molar-refractivity contribution in [3.8, 4) is 5.75 Å². The van der Waals surface area contributed by atoms with Crippen molar-refractivity contribution < 1.29 is 22.9 Å². The second-order valence-electron chi connectivity index (χ2n) is 7.01. The van der Waals surface area contributed by atoms with E-state index >= 15 is 0 Å². The van der Waals surface area contributed by atoms with Gasteiger partial charge in [-0.2, -0.15) is 0 Å². The van der Waals surface area contributed by atoms with Gasteiger partial charge in [-0.05, 0) is 54.2 Å². The molecule has 2 aliphatic rings. The molecule has 1 aliphatic carbocycles. The molecule has 2 aromatic carbocycles. The summed E-state index contributed by atoms with van der Waals surface area (Å²) >= 11 is 0. The molecule has 8 nitrogen and oxygen atoms in total. The van der Waals surface area contributed by atoms with Crippen molar-refractivity contribution >= 4 is 21.6 Å². The van der Waals surface area contributed by atoms with Gasteiger partial charge in [0, 0.05) is 18.6 Å². The number of sulfonamides is 1. The maximum absolute atomic E-state index is 13.1. The molecule has 2 aromatic rings. The topological polar surface area (TPSA) is 107 Å². The van der Waals surface area contributed by atoms with Crippen molar-refractivity contribution in [3.05, 3.63) is 63.7 Å². The van der Waals surface area contributed by atoms with E-state index in [0.717, 1.165) is 27.6 Å². The molecule has 4 rings (SSSR count). The van der Waals surface area contributed by atoms with Crippen molar-refractivity contribution in [1.82, 2.24) is 4.31 Å². The molecule has 1 amide bonds. The molecule has 0 spiro atoms. The third-order valence-electron chi connectivity index (χ3n) is 5.40. The highest BCUT2D eigenvalue weighted by molar-refractivity contribution is 7.89. The zero-order chi connectivity index (χ0) is 20.1. The Bertz CT molecular complexity index is 1060. The van der Waals surface area contributed by atoms with E-state index in [-0.39, 0.29) is 22.9 Å². The van der Waals surface area contributed by atoms with Crippen LogP contribution in [0.2, 0.25) is 0 Å². The Labute approximate surface area is 161 Å². The molecule has 1 fully saturated rings. The fourth-order valence-corrected chi connectivity index (χ4v) is 5.74. The van der Waals surface area contributed by atoms with Gasteiger partial charge < -0.3 is 4.74 Å². The van der Waals surface area contributed by atoms with E-state index in [1.54, 1.807) is 7.11 Å². The van der Waals surface area contributed by atoms with Gasteiger partial charge in [0.1, 0.15) is 5.75 Å². The summed E-state index contributed by atoms with van der Waals surface area (Å²) < 4.78 is 32.5. The lowest BCUT2D eigenvalue weighted by atomic mass is 9.76. The fourth-order valence-electron chi connectivity index (χ4n) is 4.14. The summed E-state index contributed by atoms with van der Waals surface area (Å²) in [6.07, 6.45) is 1.10. The first-order valence-corrected chi connectivity index (χ1v) is 10.2. The molecule has 2 atom stereocenters. The number of hydrogen-bond acceptors (Lipinski definition) is 6. The lowest BCUT2D eigenvalue weighted by Gasteiger charge is -2.42. The zero-order valence-corrected chi connectivity index (χ0v) is 15.9. The number of nitro benzene ring substituents is 1. The Balaban J connectivity index is 1.70. The van der Waals surface area contributed by atoms with Crippen LogP contribution in [0.25, 0.3) is 0 Å². The molecule has 0 N–H and O–H groups in total. The number of fused-ring (bicyclic) bond motifs is 4. The Morgan fingerprint density at radius 3 is 2.50 bits per heavy atom. The summed E-state index contributed by atoms with van der Waals surface area (Å²) in [6.45, 7) is 0. The van der Waals surface area contributed by atoms with Gasteiger partial charge in [-0.15, -0.1) is 0 Å². The van der Waals surface area contributed by atoms with Gasteiger partial charge in [0.25, 0.3) is 15.7 Å². The summed E-state index contributed by atoms with van der Waals surface area (Å²) in [6, 6.07) is 9.81. The highest BCUT2D eigenvalue weighted by Crippen LogP contribution is 2.43. The molecule has 0 saturated carbocycles. The highest BCUT2D eigenvalue weighted by Gasteiger charge is 2.45. The normalized spacial score (nSPS) is 21.2. The lowest BCUT2D eigenvalue weighted by molar-refractivity contribution is -0.384. The Hall–Kier alpha value is -2.94. The summed E-state index contributed by atoms with van der Waals surface area (Å²) in [5, 5.41) is 10.8. The van der Waals surface area contributed by atoms with Crippen LogP contribution in [0.4, 0.5) is 5.69 Å². The molecule has 2 bridgehead atoms. The van der Waals surface area contributed by atoms with Crippen LogP contribution >= 0.6 is 0 Å². The molecule has 0 radical (unpaired) electrons. The molecule has 0 aromatic heterocycles. The first-order chi connectivity index (χ1) is 13.3. The van der Waals surface area contributed by atoms with Crippen LogP contribution in [-0.4, -0.2) is 36.7 Å². The van der Waals surface area contributed by atoms with E-state index in [4.69, 9.17) is 4.74 Å². The van der Waals surface area contributed by atoms with Crippen LogP contribution in [0.1, 0.15) is 29.9 Å². The molecule has 146 valence electrons. The summed E-state index contributed by atoms with van der Waals surface area (Å²) in [4.78, 5) is 22.8. The number of amides is 1. The van der Waals surface area contributed by atoms with Gasteiger partial charge in [-0.25, -0.2) is 12.7 Å². The molecule has 1 aliphatic heterocycles. The van der Waals surface area contributed by atoms with Crippen LogP contribution in [0.15, 0.2) is 47.4 Å². The van der Waals surface area contributed by atoms with E-state index in [0.29, 0.717) is 18.6 Å². The number of piperidine rings is 1. The highest BCUT2D eigenvalue weighted by atomic mass is 32.2. The minimum Gasteiger partial charge on any atom is -0.497 e. The number of nitro groups is 1. The molecule has 1 heterocycles. The first-order valence-electron chi connectivity index (χ1n) is 8.80. The minimum atomic E-state index is -4.09. The Kier molecular flexibility index (Phi) is 4.34. The Morgan fingerprint density at radius 1 is 1.14 bits per heavy atom. The number of carbonyl (C=O) groups excluding carboxylic acids is 1. The van der Waals surface area contributed by atoms with Crippen molar-refractivity contribution in [2.45, 2.75) is 36.1 Å². The van der Waals surface area contributed by atoms with Crippen LogP contribution in [0.5, 0.6) is 5.75 Å². The second kappa shape index (κ2) is 6.59. The number of benzene rings is 2. The lowest BCUT2D eigenvalue weighted by Crippen LogP contribution is -2.51. The van der Waals surface area contributed by atoms with Gasteiger partial charge >= 0.3 is 0 Å². The molecule has 9 heteroatoms. The third kappa shape index (κ3) is 2.91. The van der Waals surface area contributed by atoms with Crippen LogP contribution in [0, 0.1) is 10.1 Å². The number of methoxy groups -OCH3 is 1. The maximum Gasteiger partial charge on any atom is 0.269 e. The Morgan fingerprint density at radius 2 is 1.86 bits per heavy atom. The van der Waals surface area contributed by atoms with Gasteiger partial charge in [-0.3, -0.25) is 14.9 Å². The van der Waals surface area contributed by atoms with E-state index < -0.39 is 26.9 Å². The van der Waals surface area contributed by atoms with Gasteiger partial charge in [0.05, 0.1) is 23.0 Å². The molecular formula is C19H18N2O6S. The smallest absolute Gasteiger partial charge is 0.269 e. The van der Waals surface area contributed by atoms with E-state index in [2.05, 4.69) is 0 Å². The largest absolute Gasteiger partial charge is 0.497 e. The average molecular weight is 402 g/mol. The fraction of sp³-hybridized carbons (Fsp3) is 0.316. The van der Waals surface area contributed by atoms with Gasteiger partial charge in [-0.1, -0.05) is 6.07 Å². The van der Waals surface area contributed by atoms with Crippen molar-refractivity contribution in [3.63, 3.8) is 0 Å². The molecule has 0 unspecified atom stereocenters. The number of hydrogen-bond donors (Lipinski definition) is 0. The molecule has 28 heavy (non-hydrogen) atoms. The summed E-state index contributed by atoms with van der Waals surface area (Å²) in [5.74, 6) is 0.228. The molecule has 1 saturated heterocycles. The van der Waals surface area contributed by atoms with Gasteiger partial charge in [0.15, 0.2) is 0 Å². The monoisotopic (exact) mass is 402 g/mol. The zero-order valence-electron chi connectivity index (χ0n) is 15.1. The quantitative estimate of drug-likeness (QED) is 0.575.